The van der Waals surface area contributed by atoms with Crippen LogP contribution in [-0.4, -0.2) is 59.6 Å². The van der Waals surface area contributed by atoms with Crippen molar-refractivity contribution in [3.63, 3.8) is 0 Å². The number of benzene rings is 3. The number of halogens is 3. The zero-order valence-electron chi connectivity index (χ0n) is 21.2. The van der Waals surface area contributed by atoms with E-state index in [2.05, 4.69) is 20.8 Å². The van der Waals surface area contributed by atoms with Gasteiger partial charge in [0.25, 0.3) is 11.1 Å². The van der Waals surface area contributed by atoms with Crippen molar-refractivity contribution in [1.82, 2.24) is 9.80 Å². The second kappa shape index (κ2) is 12.7. The third kappa shape index (κ3) is 6.66. The van der Waals surface area contributed by atoms with Gasteiger partial charge in [-0.1, -0.05) is 53.5 Å². The smallest absolute Gasteiger partial charge is 0.294 e. The molecule has 3 aromatic carbocycles. The Hall–Kier alpha value is -2.98. The number of anilines is 1. The van der Waals surface area contributed by atoms with Crippen LogP contribution in [-0.2, 0) is 16.2 Å². The van der Waals surface area contributed by atoms with Crippen molar-refractivity contribution in [3.8, 4) is 5.75 Å². The molecular formula is C29H24BrCl2N3O4S. The van der Waals surface area contributed by atoms with E-state index in [0.717, 1.165) is 27.9 Å². The van der Waals surface area contributed by atoms with Crippen molar-refractivity contribution in [1.29, 1.82) is 0 Å². The average molecular weight is 661 g/mol. The van der Waals surface area contributed by atoms with Gasteiger partial charge in [0, 0.05) is 31.9 Å². The summed E-state index contributed by atoms with van der Waals surface area (Å²) in [5.41, 5.74) is 2.69. The molecule has 3 aromatic rings. The highest BCUT2D eigenvalue weighted by Gasteiger charge is 2.37. The number of imide groups is 1. The first-order valence-electron chi connectivity index (χ1n) is 12.5. The summed E-state index contributed by atoms with van der Waals surface area (Å²) in [5.74, 6) is -0.0981. The monoisotopic (exact) mass is 659 g/mol. The highest BCUT2D eigenvalue weighted by atomic mass is 79.9. The van der Waals surface area contributed by atoms with E-state index < -0.39 is 11.1 Å². The molecule has 0 radical (unpaired) electrons. The number of carbonyl (C=O) groups is 3. The second-order valence-electron chi connectivity index (χ2n) is 9.20. The van der Waals surface area contributed by atoms with Gasteiger partial charge >= 0.3 is 0 Å². The van der Waals surface area contributed by atoms with E-state index in [1.165, 1.54) is 0 Å². The summed E-state index contributed by atoms with van der Waals surface area (Å²) in [6, 6.07) is 20.7. The first kappa shape index (κ1) is 28.5. The number of rotatable bonds is 7. The van der Waals surface area contributed by atoms with E-state index in [-0.39, 0.29) is 17.4 Å². The maximum absolute atomic E-state index is 13.0. The SMILES string of the molecule is O=C(CN1C(=O)S/C(=C/c2ccc(OCc3ccc(Cl)c(Cl)c3)c(Br)c2)C1=O)N1CCN(c2ccccc2)CC1. The Morgan fingerprint density at radius 1 is 0.950 bits per heavy atom. The van der Waals surface area contributed by atoms with Crippen molar-refractivity contribution in [2.45, 2.75) is 6.61 Å². The van der Waals surface area contributed by atoms with Crippen molar-refractivity contribution in [3.05, 3.63) is 97.3 Å². The summed E-state index contributed by atoms with van der Waals surface area (Å²) in [7, 11) is 0. The standard InChI is InChI=1S/C29H24BrCl2N3O4S/c30-22-14-19(7-9-25(22)39-18-20-6-8-23(31)24(32)15-20)16-26-28(37)35(29(38)40-26)17-27(36)34-12-10-33(11-13-34)21-4-2-1-3-5-21/h1-9,14-16H,10-13,17-18H2/b26-16+. The van der Waals surface area contributed by atoms with Crippen molar-refractivity contribution >= 4 is 79.7 Å². The molecule has 11 heteroatoms. The van der Waals surface area contributed by atoms with Crippen LogP contribution in [0, 0.1) is 0 Å². The van der Waals surface area contributed by atoms with E-state index >= 15 is 0 Å². The summed E-state index contributed by atoms with van der Waals surface area (Å²) < 4.78 is 6.57. The first-order valence-corrected chi connectivity index (χ1v) is 14.8. The number of nitrogens with zero attached hydrogens (tertiary/aromatic N) is 3. The van der Waals surface area contributed by atoms with E-state index in [4.69, 9.17) is 27.9 Å². The molecule has 0 aromatic heterocycles. The zero-order chi connectivity index (χ0) is 28.2. The number of amides is 3. The molecule has 7 nitrogen and oxygen atoms in total. The summed E-state index contributed by atoms with van der Waals surface area (Å²) >= 11 is 16.4. The maximum Gasteiger partial charge on any atom is 0.294 e. The third-order valence-electron chi connectivity index (χ3n) is 6.55. The fraction of sp³-hybridized carbons (Fsp3) is 0.207. The summed E-state index contributed by atoms with van der Waals surface area (Å²) in [5, 5.41) is 0.484. The molecule has 40 heavy (non-hydrogen) atoms. The van der Waals surface area contributed by atoms with Crippen LogP contribution in [0.2, 0.25) is 10.0 Å². The number of ether oxygens (including phenoxy) is 1. The lowest BCUT2D eigenvalue weighted by Gasteiger charge is -2.36. The van der Waals surface area contributed by atoms with Gasteiger partial charge in [0.05, 0.1) is 19.4 Å². The Balaban J connectivity index is 1.17. The Morgan fingerprint density at radius 3 is 2.40 bits per heavy atom. The Kier molecular flexibility index (Phi) is 9.05. The summed E-state index contributed by atoms with van der Waals surface area (Å²) in [6.07, 6.45) is 1.64. The topological polar surface area (TPSA) is 70.2 Å². The lowest BCUT2D eigenvalue weighted by atomic mass is 10.2. The number of piperazine rings is 1. The van der Waals surface area contributed by atoms with Gasteiger partial charge in [0.15, 0.2) is 0 Å². The average Bonchev–Trinajstić information content (AvgIpc) is 3.22. The predicted molar refractivity (Wildman–Crippen MR) is 163 cm³/mol. The minimum absolute atomic E-state index is 0.234. The number of para-hydroxylation sites is 1. The van der Waals surface area contributed by atoms with Crippen LogP contribution in [0.1, 0.15) is 11.1 Å². The van der Waals surface area contributed by atoms with Gasteiger partial charge in [-0.3, -0.25) is 19.3 Å². The number of thioether (sulfide) groups is 1. The highest BCUT2D eigenvalue weighted by Crippen LogP contribution is 2.34. The van der Waals surface area contributed by atoms with Crippen LogP contribution >= 0.6 is 50.9 Å². The van der Waals surface area contributed by atoms with Gasteiger partial charge in [-0.2, -0.15) is 0 Å². The van der Waals surface area contributed by atoms with Crippen LogP contribution < -0.4 is 9.64 Å². The number of hydrogen-bond acceptors (Lipinski definition) is 6. The second-order valence-corrected chi connectivity index (χ2v) is 11.9. The third-order valence-corrected chi connectivity index (χ3v) is 8.82. The normalized spacial score (nSPS) is 16.7. The first-order chi connectivity index (χ1) is 19.3. The molecule has 0 aliphatic carbocycles. The van der Waals surface area contributed by atoms with E-state index in [1.807, 2.05) is 36.4 Å². The number of hydrogen-bond donors (Lipinski definition) is 0. The van der Waals surface area contributed by atoms with Gasteiger partial charge in [0.1, 0.15) is 18.9 Å². The molecular weight excluding hydrogens is 637 g/mol. The quantitative estimate of drug-likeness (QED) is 0.262. The molecule has 2 saturated heterocycles. The van der Waals surface area contributed by atoms with Gasteiger partial charge in [-0.25, -0.2) is 0 Å². The molecule has 0 bridgehead atoms. The molecule has 0 saturated carbocycles. The van der Waals surface area contributed by atoms with Crippen LogP contribution in [0.5, 0.6) is 5.75 Å². The van der Waals surface area contributed by atoms with Crippen LogP contribution in [0.25, 0.3) is 6.08 Å². The van der Waals surface area contributed by atoms with Crippen molar-refractivity contribution in [2.24, 2.45) is 0 Å². The minimum Gasteiger partial charge on any atom is -0.488 e. The van der Waals surface area contributed by atoms with Gasteiger partial charge in [-0.05, 0) is 81.3 Å². The van der Waals surface area contributed by atoms with Crippen LogP contribution in [0.4, 0.5) is 10.5 Å². The molecule has 0 atom stereocenters. The van der Waals surface area contributed by atoms with Gasteiger partial charge in [-0.15, -0.1) is 0 Å². The fourth-order valence-electron chi connectivity index (χ4n) is 4.39. The summed E-state index contributed by atoms with van der Waals surface area (Å²) in [6.45, 7) is 2.49. The van der Waals surface area contributed by atoms with E-state index in [9.17, 15) is 14.4 Å². The Labute approximate surface area is 254 Å². The fourth-order valence-corrected chi connectivity index (χ4v) is 6.06. The maximum atomic E-state index is 13.0. The van der Waals surface area contributed by atoms with Gasteiger partial charge in [0.2, 0.25) is 5.91 Å². The van der Waals surface area contributed by atoms with E-state index in [0.29, 0.717) is 58.6 Å². The lowest BCUT2D eigenvalue weighted by Crippen LogP contribution is -2.51. The molecule has 2 heterocycles. The highest BCUT2D eigenvalue weighted by molar-refractivity contribution is 9.10. The molecule has 2 fully saturated rings. The molecule has 0 spiro atoms. The minimum atomic E-state index is -0.470. The molecule has 3 amide bonds. The summed E-state index contributed by atoms with van der Waals surface area (Å²) in [4.78, 5) is 43.8. The van der Waals surface area contributed by atoms with Gasteiger partial charge < -0.3 is 14.5 Å². The molecule has 0 N–H and O–H groups in total. The zero-order valence-corrected chi connectivity index (χ0v) is 25.1. The molecule has 206 valence electrons. The Morgan fingerprint density at radius 2 is 1.70 bits per heavy atom. The largest absolute Gasteiger partial charge is 0.488 e. The molecule has 2 aliphatic heterocycles. The molecule has 5 rings (SSSR count). The van der Waals surface area contributed by atoms with Crippen molar-refractivity contribution < 1.29 is 19.1 Å². The molecule has 2 aliphatic rings. The molecule has 0 unspecified atom stereocenters. The van der Waals surface area contributed by atoms with Crippen LogP contribution in [0.3, 0.4) is 0 Å². The van der Waals surface area contributed by atoms with Crippen molar-refractivity contribution in [2.75, 3.05) is 37.6 Å². The number of carbonyl (C=O) groups excluding carboxylic acids is 3. The van der Waals surface area contributed by atoms with Crippen LogP contribution in [0.15, 0.2) is 76.1 Å². The van der Waals surface area contributed by atoms with E-state index in [1.54, 1.807) is 41.3 Å². The Bertz CT molecular complexity index is 1480. The lowest BCUT2D eigenvalue weighted by molar-refractivity contribution is -0.136. The predicted octanol–water partition coefficient (Wildman–Crippen LogP) is 6.72.